The molecule has 1 unspecified atom stereocenters. The number of ketones is 1. The largest absolute Gasteiger partial charge is 0.354 e. The van der Waals surface area contributed by atoms with E-state index in [0.717, 1.165) is 42.5 Å². The van der Waals surface area contributed by atoms with Crippen LogP contribution in [0.25, 0.3) is 0 Å². The van der Waals surface area contributed by atoms with Crippen LogP contribution in [0, 0.1) is 6.92 Å². The highest BCUT2D eigenvalue weighted by Crippen LogP contribution is 2.27. The minimum atomic E-state index is -0.167. The molecule has 1 saturated carbocycles. The Hall–Kier alpha value is -2.15. The number of hydrogen-bond donors (Lipinski definition) is 2. The first kappa shape index (κ1) is 18.2. The summed E-state index contributed by atoms with van der Waals surface area (Å²) in [6.07, 6.45) is 4.42. The molecule has 1 aromatic rings. The van der Waals surface area contributed by atoms with E-state index in [0.29, 0.717) is 44.3 Å². The van der Waals surface area contributed by atoms with E-state index < -0.39 is 0 Å². The topological polar surface area (TPSA) is 85.5 Å². The monoisotopic (exact) mass is 372 g/mol. The molecule has 7 nitrogen and oxygen atoms in total. The van der Waals surface area contributed by atoms with Gasteiger partial charge in [-0.05, 0) is 45.1 Å². The normalized spacial score (nSPS) is 21.7. The van der Waals surface area contributed by atoms with E-state index in [9.17, 15) is 14.4 Å². The Morgan fingerprint density at radius 3 is 2.48 bits per heavy atom. The summed E-state index contributed by atoms with van der Waals surface area (Å²) in [4.78, 5) is 44.6. The van der Waals surface area contributed by atoms with E-state index in [4.69, 9.17) is 0 Å². The Kier molecular flexibility index (Phi) is 4.80. The number of Topliss-reactive ketones (excluding diaryl/α,β-unsaturated/α-hetero) is 1. The summed E-state index contributed by atoms with van der Waals surface area (Å²) in [5.41, 5.74) is 2.99. The van der Waals surface area contributed by atoms with Crippen molar-refractivity contribution in [3.8, 4) is 0 Å². The van der Waals surface area contributed by atoms with Gasteiger partial charge in [-0.15, -0.1) is 0 Å². The standard InChI is InChI=1S/C20H28N4O3/c1-12-17-15(4-3-5-16(17)25)22-18(12)20(27)24-10-8-23(9-11-24)13(2)19(26)21-14-6-7-14/h13-14,22H,3-11H2,1-2H3,(H,21,26). The highest BCUT2D eigenvalue weighted by atomic mass is 16.2. The second-order valence-corrected chi connectivity index (χ2v) is 8.04. The number of carbonyl (C=O) groups is 3. The van der Waals surface area contributed by atoms with Crippen LogP contribution in [0.4, 0.5) is 0 Å². The molecule has 2 heterocycles. The Morgan fingerprint density at radius 2 is 1.85 bits per heavy atom. The van der Waals surface area contributed by atoms with Crippen LogP contribution < -0.4 is 5.32 Å². The molecule has 1 saturated heterocycles. The average Bonchev–Trinajstić information content (AvgIpc) is 3.42. The van der Waals surface area contributed by atoms with Crippen LogP contribution in [0.5, 0.6) is 0 Å². The predicted molar refractivity (Wildman–Crippen MR) is 101 cm³/mol. The molecule has 1 atom stereocenters. The van der Waals surface area contributed by atoms with Gasteiger partial charge in [-0.1, -0.05) is 0 Å². The van der Waals surface area contributed by atoms with Crippen molar-refractivity contribution in [2.75, 3.05) is 26.2 Å². The summed E-state index contributed by atoms with van der Waals surface area (Å²) < 4.78 is 0. The van der Waals surface area contributed by atoms with E-state index >= 15 is 0 Å². The van der Waals surface area contributed by atoms with Crippen LogP contribution in [0.2, 0.25) is 0 Å². The second kappa shape index (κ2) is 7.11. The van der Waals surface area contributed by atoms with Crippen molar-refractivity contribution in [2.24, 2.45) is 0 Å². The van der Waals surface area contributed by atoms with Crippen LogP contribution in [0.15, 0.2) is 0 Å². The molecule has 146 valence electrons. The molecule has 7 heteroatoms. The highest BCUT2D eigenvalue weighted by molar-refractivity contribution is 6.04. The minimum absolute atomic E-state index is 0.0376. The number of rotatable bonds is 4. The van der Waals surface area contributed by atoms with Gasteiger partial charge in [-0.25, -0.2) is 0 Å². The van der Waals surface area contributed by atoms with Crippen LogP contribution >= 0.6 is 0 Å². The molecule has 2 amide bonds. The maximum Gasteiger partial charge on any atom is 0.270 e. The fourth-order valence-corrected chi connectivity index (χ4v) is 4.17. The maximum atomic E-state index is 13.0. The Balaban J connectivity index is 1.39. The first-order valence-corrected chi connectivity index (χ1v) is 10.0. The Labute approximate surface area is 159 Å². The third-order valence-electron chi connectivity index (χ3n) is 6.10. The summed E-state index contributed by atoms with van der Waals surface area (Å²) >= 11 is 0. The number of hydrogen-bond acceptors (Lipinski definition) is 4. The Bertz CT molecular complexity index is 772. The number of nitrogens with zero attached hydrogens (tertiary/aromatic N) is 2. The average molecular weight is 372 g/mol. The van der Waals surface area contributed by atoms with Gasteiger partial charge in [-0.3, -0.25) is 19.3 Å². The fraction of sp³-hybridized carbons (Fsp3) is 0.650. The summed E-state index contributed by atoms with van der Waals surface area (Å²) in [7, 11) is 0. The molecule has 1 aromatic heterocycles. The smallest absolute Gasteiger partial charge is 0.270 e. The van der Waals surface area contributed by atoms with Gasteiger partial charge in [0.2, 0.25) is 5.91 Å². The molecular formula is C20H28N4O3. The zero-order chi connectivity index (χ0) is 19.1. The third-order valence-corrected chi connectivity index (χ3v) is 6.10. The van der Waals surface area contributed by atoms with Crippen LogP contribution in [-0.2, 0) is 11.2 Å². The lowest BCUT2D eigenvalue weighted by molar-refractivity contribution is -0.126. The van der Waals surface area contributed by atoms with Gasteiger partial charge in [0.05, 0.1) is 6.04 Å². The molecule has 0 spiro atoms. The van der Waals surface area contributed by atoms with Crippen molar-refractivity contribution in [3.05, 3.63) is 22.5 Å². The number of aryl methyl sites for hydroxylation is 1. The number of nitrogens with one attached hydrogen (secondary N) is 2. The van der Waals surface area contributed by atoms with Crippen LogP contribution in [0.3, 0.4) is 0 Å². The molecule has 4 rings (SSSR count). The number of H-pyrrole nitrogens is 1. The molecule has 3 aliphatic rings. The minimum Gasteiger partial charge on any atom is -0.354 e. The van der Waals surface area contributed by atoms with Gasteiger partial charge in [0.25, 0.3) is 5.91 Å². The number of piperazine rings is 1. The first-order chi connectivity index (χ1) is 13.0. The van der Waals surface area contributed by atoms with Gasteiger partial charge in [0.1, 0.15) is 5.69 Å². The van der Waals surface area contributed by atoms with E-state index in [1.807, 2.05) is 18.7 Å². The molecule has 2 fully saturated rings. The zero-order valence-corrected chi connectivity index (χ0v) is 16.1. The summed E-state index contributed by atoms with van der Waals surface area (Å²) in [6, 6.07) is 0.201. The first-order valence-electron chi connectivity index (χ1n) is 10.0. The lowest BCUT2D eigenvalue weighted by Gasteiger charge is -2.37. The van der Waals surface area contributed by atoms with Crippen molar-refractivity contribution in [3.63, 3.8) is 0 Å². The summed E-state index contributed by atoms with van der Waals surface area (Å²) in [5, 5.41) is 3.05. The summed E-state index contributed by atoms with van der Waals surface area (Å²) in [5.74, 6) is 0.192. The number of aromatic amines is 1. The zero-order valence-electron chi connectivity index (χ0n) is 16.1. The van der Waals surface area contributed by atoms with E-state index in [1.165, 1.54) is 0 Å². The van der Waals surface area contributed by atoms with Gasteiger partial charge < -0.3 is 15.2 Å². The molecule has 2 N–H and O–H groups in total. The quantitative estimate of drug-likeness (QED) is 0.833. The van der Waals surface area contributed by atoms with Crippen LogP contribution in [-0.4, -0.2) is 70.6 Å². The van der Waals surface area contributed by atoms with Gasteiger partial charge in [0.15, 0.2) is 5.78 Å². The van der Waals surface area contributed by atoms with Crippen molar-refractivity contribution < 1.29 is 14.4 Å². The van der Waals surface area contributed by atoms with Crippen molar-refractivity contribution in [1.82, 2.24) is 20.1 Å². The predicted octanol–water partition coefficient (Wildman–Crippen LogP) is 1.27. The lowest BCUT2D eigenvalue weighted by Crippen LogP contribution is -2.55. The fourth-order valence-electron chi connectivity index (χ4n) is 4.17. The number of carbonyl (C=O) groups excluding carboxylic acids is 3. The number of aromatic nitrogens is 1. The molecule has 0 aromatic carbocycles. The molecule has 2 aliphatic carbocycles. The van der Waals surface area contributed by atoms with E-state index in [-0.39, 0.29) is 23.6 Å². The summed E-state index contributed by atoms with van der Waals surface area (Å²) in [6.45, 7) is 6.36. The second-order valence-electron chi connectivity index (χ2n) is 8.04. The molecular weight excluding hydrogens is 344 g/mol. The maximum absolute atomic E-state index is 13.0. The molecule has 0 radical (unpaired) electrons. The van der Waals surface area contributed by atoms with E-state index in [2.05, 4.69) is 15.2 Å². The van der Waals surface area contributed by atoms with Crippen LogP contribution in [0.1, 0.15) is 64.7 Å². The third kappa shape index (κ3) is 3.52. The SMILES string of the molecule is Cc1c(C(=O)N2CCN(C(C)C(=O)NC3CC3)CC2)[nH]c2c1C(=O)CCC2. The van der Waals surface area contributed by atoms with Crippen molar-refractivity contribution in [2.45, 2.75) is 58.0 Å². The Morgan fingerprint density at radius 1 is 1.15 bits per heavy atom. The molecule has 0 bridgehead atoms. The van der Waals surface area contributed by atoms with Gasteiger partial charge in [0, 0.05) is 49.9 Å². The van der Waals surface area contributed by atoms with E-state index in [1.54, 1.807) is 0 Å². The lowest BCUT2D eigenvalue weighted by atomic mass is 9.93. The van der Waals surface area contributed by atoms with Crippen molar-refractivity contribution >= 4 is 17.6 Å². The highest BCUT2D eigenvalue weighted by Gasteiger charge is 2.33. The molecule has 27 heavy (non-hydrogen) atoms. The molecule has 1 aliphatic heterocycles. The number of fused-ring (bicyclic) bond motifs is 1. The van der Waals surface area contributed by atoms with Gasteiger partial charge in [-0.2, -0.15) is 0 Å². The van der Waals surface area contributed by atoms with Crippen molar-refractivity contribution in [1.29, 1.82) is 0 Å². The number of amides is 2. The van der Waals surface area contributed by atoms with Gasteiger partial charge >= 0.3 is 0 Å².